The van der Waals surface area contributed by atoms with E-state index in [0.717, 1.165) is 0 Å². The Labute approximate surface area is 219 Å². The Morgan fingerprint density at radius 3 is 2.42 bits per heavy atom. The number of sulfonamides is 1. The molecule has 0 aliphatic carbocycles. The molecule has 0 bridgehead atoms. The molecule has 0 aliphatic heterocycles. The zero-order chi connectivity index (χ0) is 26.3. The maximum Gasteiger partial charge on any atom is 0.341 e. The highest BCUT2D eigenvalue weighted by Gasteiger charge is 2.27. The predicted molar refractivity (Wildman–Crippen MR) is 138 cm³/mol. The maximum atomic E-state index is 13.1. The summed E-state index contributed by atoms with van der Waals surface area (Å²) in [4.78, 5) is 27.1. The SMILES string of the molecule is C[C@H](OC(=O)c1ccccc1NS(=O)(=O)c1cc(Cl)ccc1Cl)C(=O)N(CCC#N)c1ccccc1. The minimum absolute atomic E-state index is 0.0513. The van der Waals surface area contributed by atoms with Crippen molar-refractivity contribution >= 4 is 56.5 Å². The standard InChI is InChI=1S/C25H21Cl2N3O5S/c1-17(24(31)30(15-7-14-28)19-8-3-2-4-9-19)35-25(32)20-10-5-6-11-22(20)29-36(33,34)23-16-18(26)12-13-21(23)27/h2-6,8-13,16-17,29H,7,15H2,1H3/t17-/m0/s1. The molecule has 0 saturated carbocycles. The molecule has 3 aromatic carbocycles. The van der Waals surface area contributed by atoms with Crippen LogP contribution in [-0.2, 0) is 19.6 Å². The van der Waals surface area contributed by atoms with Crippen molar-refractivity contribution in [2.75, 3.05) is 16.2 Å². The molecular weight excluding hydrogens is 525 g/mol. The number of amides is 1. The highest BCUT2D eigenvalue weighted by Crippen LogP contribution is 2.28. The third-order valence-electron chi connectivity index (χ3n) is 4.99. The summed E-state index contributed by atoms with van der Waals surface area (Å²) in [6.45, 7) is 1.51. The van der Waals surface area contributed by atoms with Gasteiger partial charge in [-0.15, -0.1) is 0 Å². The largest absolute Gasteiger partial charge is 0.449 e. The van der Waals surface area contributed by atoms with E-state index in [0.29, 0.717) is 5.69 Å². The number of carbonyl (C=O) groups excluding carboxylic acids is 2. The first-order valence-corrected chi connectivity index (χ1v) is 12.9. The first kappa shape index (κ1) is 27.0. The Kier molecular flexibility index (Phi) is 8.93. The quantitative estimate of drug-likeness (QED) is 0.365. The van der Waals surface area contributed by atoms with E-state index in [1.165, 1.54) is 54.3 Å². The molecular formula is C25H21Cl2N3O5S. The monoisotopic (exact) mass is 545 g/mol. The first-order valence-electron chi connectivity index (χ1n) is 10.7. The van der Waals surface area contributed by atoms with E-state index >= 15 is 0 Å². The molecule has 186 valence electrons. The van der Waals surface area contributed by atoms with Gasteiger partial charge in [0.05, 0.1) is 28.8 Å². The number of nitrogens with one attached hydrogen (secondary N) is 1. The summed E-state index contributed by atoms with van der Waals surface area (Å²) in [6, 6.07) is 20.4. The van der Waals surface area contributed by atoms with Crippen molar-refractivity contribution < 1.29 is 22.7 Å². The highest BCUT2D eigenvalue weighted by atomic mass is 35.5. The van der Waals surface area contributed by atoms with Crippen LogP contribution in [0.15, 0.2) is 77.7 Å². The van der Waals surface area contributed by atoms with Gasteiger partial charge in [0.1, 0.15) is 4.90 Å². The zero-order valence-corrected chi connectivity index (χ0v) is 21.3. The number of halogens is 2. The lowest BCUT2D eigenvalue weighted by molar-refractivity contribution is -0.126. The summed E-state index contributed by atoms with van der Waals surface area (Å²) in [5.74, 6) is -1.45. The third-order valence-corrected chi connectivity index (χ3v) is 7.07. The number of nitriles is 1. The van der Waals surface area contributed by atoms with Crippen molar-refractivity contribution in [2.45, 2.75) is 24.3 Å². The number of anilines is 2. The normalized spacial score (nSPS) is 11.7. The molecule has 0 spiro atoms. The van der Waals surface area contributed by atoms with Gasteiger partial charge in [0.25, 0.3) is 15.9 Å². The van der Waals surface area contributed by atoms with Crippen LogP contribution in [0.3, 0.4) is 0 Å². The van der Waals surface area contributed by atoms with E-state index in [1.54, 1.807) is 30.3 Å². The highest BCUT2D eigenvalue weighted by molar-refractivity contribution is 7.92. The van der Waals surface area contributed by atoms with Gasteiger partial charge in [-0.2, -0.15) is 5.26 Å². The average Bonchev–Trinajstić information content (AvgIpc) is 2.86. The topological polar surface area (TPSA) is 117 Å². The van der Waals surface area contributed by atoms with E-state index < -0.39 is 28.0 Å². The summed E-state index contributed by atoms with van der Waals surface area (Å²) in [5.41, 5.74) is 0.372. The van der Waals surface area contributed by atoms with E-state index in [-0.39, 0.29) is 39.2 Å². The van der Waals surface area contributed by atoms with E-state index in [2.05, 4.69) is 4.72 Å². The lowest BCUT2D eigenvalue weighted by Crippen LogP contribution is -2.40. The molecule has 1 N–H and O–H groups in total. The molecule has 0 heterocycles. The van der Waals surface area contributed by atoms with Crippen molar-refractivity contribution in [1.29, 1.82) is 5.26 Å². The van der Waals surface area contributed by atoms with Gasteiger partial charge in [0, 0.05) is 17.3 Å². The van der Waals surface area contributed by atoms with Gasteiger partial charge in [-0.25, -0.2) is 13.2 Å². The van der Waals surface area contributed by atoms with Gasteiger partial charge < -0.3 is 9.64 Å². The summed E-state index contributed by atoms with van der Waals surface area (Å²) in [6.07, 6.45) is -1.14. The summed E-state index contributed by atoms with van der Waals surface area (Å²) in [7, 11) is -4.21. The van der Waals surface area contributed by atoms with Crippen LogP contribution >= 0.6 is 23.2 Å². The average molecular weight is 546 g/mol. The van der Waals surface area contributed by atoms with Crippen molar-refractivity contribution in [3.8, 4) is 6.07 Å². The Bertz CT molecular complexity index is 1410. The number of ether oxygens (including phenoxy) is 1. The van der Waals surface area contributed by atoms with Crippen LogP contribution in [0.1, 0.15) is 23.7 Å². The van der Waals surface area contributed by atoms with Crippen LogP contribution in [0.25, 0.3) is 0 Å². The van der Waals surface area contributed by atoms with Crippen molar-refractivity contribution in [3.05, 3.63) is 88.4 Å². The summed E-state index contributed by atoms with van der Waals surface area (Å²) in [5, 5.41) is 9.08. The smallest absolute Gasteiger partial charge is 0.341 e. The lowest BCUT2D eigenvalue weighted by atomic mass is 10.2. The van der Waals surface area contributed by atoms with Crippen molar-refractivity contribution in [1.82, 2.24) is 0 Å². The fourth-order valence-corrected chi connectivity index (χ4v) is 5.11. The fourth-order valence-electron chi connectivity index (χ4n) is 3.26. The third kappa shape index (κ3) is 6.55. The molecule has 0 fully saturated rings. The van der Waals surface area contributed by atoms with Gasteiger partial charge >= 0.3 is 5.97 Å². The van der Waals surface area contributed by atoms with E-state index in [1.807, 2.05) is 6.07 Å². The van der Waals surface area contributed by atoms with Crippen LogP contribution in [0.5, 0.6) is 0 Å². The van der Waals surface area contributed by atoms with Gasteiger partial charge in [-0.05, 0) is 49.4 Å². The Hall–Kier alpha value is -3.58. The Morgan fingerprint density at radius 2 is 1.72 bits per heavy atom. The first-order chi connectivity index (χ1) is 17.1. The molecule has 0 aliphatic rings. The fraction of sp³-hybridized carbons (Fsp3) is 0.160. The van der Waals surface area contributed by atoms with Crippen LogP contribution in [0.4, 0.5) is 11.4 Å². The zero-order valence-electron chi connectivity index (χ0n) is 19.0. The molecule has 3 aromatic rings. The van der Waals surface area contributed by atoms with Gasteiger partial charge in [-0.3, -0.25) is 9.52 Å². The molecule has 8 nitrogen and oxygen atoms in total. The summed E-state index contributed by atoms with van der Waals surface area (Å²) < 4.78 is 33.6. The van der Waals surface area contributed by atoms with Crippen molar-refractivity contribution in [3.63, 3.8) is 0 Å². The molecule has 3 rings (SSSR count). The second kappa shape index (κ2) is 11.9. The number of para-hydroxylation sites is 2. The maximum absolute atomic E-state index is 13.1. The predicted octanol–water partition coefficient (Wildman–Crippen LogP) is 5.29. The Morgan fingerprint density at radius 1 is 1.06 bits per heavy atom. The number of benzene rings is 3. The Balaban J connectivity index is 1.82. The van der Waals surface area contributed by atoms with Gasteiger partial charge in [-0.1, -0.05) is 53.5 Å². The van der Waals surface area contributed by atoms with Gasteiger partial charge in [0.15, 0.2) is 6.10 Å². The van der Waals surface area contributed by atoms with E-state index in [9.17, 15) is 18.0 Å². The van der Waals surface area contributed by atoms with Crippen LogP contribution in [0.2, 0.25) is 10.0 Å². The number of carbonyl (C=O) groups is 2. The molecule has 0 radical (unpaired) electrons. The second-order valence-electron chi connectivity index (χ2n) is 7.51. The molecule has 36 heavy (non-hydrogen) atoms. The van der Waals surface area contributed by atoms with Gasteiger partial charge in [0.2, 0.25) is 0 Å². The lowest BCUT2D eigenvalue weighted by Gasteiger charge is -2.25. The molecule has 0 unspecified atom stereocenters. The number of hydrogen-bond acceptors (Lipinski definition) is 6. The van der Waals surface area contributed by atoms with Crippen LogP contribution in [0, 0.1) is 11.3 Å². The second-order valence-corrected chi connectivity index (χ2v) is 10.0. The van der Waals surface area contributed by atoms with E-state index in [4.69, 9.17) is 33.2 Å². The number of esters is 1. The number of rotatable bonds is 9. The molecule has 11 heteroatoms. The number of hydrogen-bond donors (Lipinski definition) is 1. The van der Waals surface area contributed by atoms with Crippen LogP contribution < -0.4 is 9.62 Å². The number of nitrogens with zero attached hydrogens (tertiary/aromatic N) is 2. The minimum atomic E-state index is -4.21. The minimum Gasteiger partial charge on any atom is -0.449 e. The van der Waals surface area contributed by atoms with Crippen LogP contribution in [-0.4, -0.2) is 32.9 Å². The molecule has 1 atom stereocenters. The molecule has 0 aromatic heterocycles. The summed E-state index contributed by atoms with van der Waals surface area (Å²) >= 11 is 12.0. The van der Waals surface area contributed by atoms with Crippen molar-refractivity contribution in [2.24, 2.45) is 0 Å². The molecule has 1 amide bonds. The molecule has 0 saturated heterocycles.